The summed E-state index contributed by atoms with van der Waals surface area (Å²) in [6.45, 7) is 10.9. The lowest BCUT2D eigenvalue weighted by atomic mass is 9.98. The summed E-state index contributed by atoms with van der Waals surface area (Å²) in [5.74, 6) is -1.42. The number of aryl methyl sites for hydroxylation is 2. The summed E-state index contributed by atoms with van der Waals surface area (Å²) in [6.07, 6.45) is 5.00. The lowest BCUT2D eigenvalue weighted by Gasteiger charge is -2.40. The SMILES string of the molecule is C=CC(=O)N1CCN(c2nc(=O)n3c4nc(c(F)cc24)-c2c(F)cccc2CCn2nccc2-c2ccnc(C(C)C)c2-3)[C@@H](C)C1. The number of fused-ring (bicyclic) bond motifs is 7. The van der Waals surface area contributed by atoms with Crippen LogP contribution in [0, 0.1) is 11.6 Å². The highest BCUT2D eigenvalue weighted by Crippen LogP contribution is 2.38. The van der Waals surface area contributed by atoms with E-state index in [0.29, 0.717) is 55.1 Å². The van der Waals surface area contributed by atoms with Crippen molar-refractivity contribution in [2.75, 3.05) is 24.5 Å². The molecule has 1 atom stereocenters. The largest absolute Gasteiger partial charge is 0.355 e. The summed E-state index contributed by atoms with van der Waals surface area (Å²) >= 11 is 0. The first kappa shape index (κ1) is 29.5. The molecule has 234 valence electrons. The topological polar surface area (TPSA) is 102 Å². The third kappa shape index (κ3) is 4.67. The highest BCUT2D eigenvalue weighted by atomic mass is 19.1. The van der Waals surface area contributed by atoms with Gasteiger partial charge < -0.3 is 9.80 Å². The molecule has 12 heteroatoms. The van der Waals surface area contributed by atoms with Crippen LogP contribution in [0.5, 0.6) is 0 Å². The van der Waals surface area contributed by atoms with Gasteiger partial charge in [0.05, 0.1) is 22.5 Å². The van der Waals surface area contributed by atoms with Gasteiger partial charge in [0.25, 0.3) is 0 Å². The number of piperazine rings is 1. The van der Waals surface area contributed by atoms with E-state index in [9.17, 15) is 9.59 Å². The summed E-state index contributed by atoms with van der Waals surface area (Å²) in [6, 6.07) is 9.34. The summed E-state index contributed by atoms with van der Waals surface area (Å²) in [5, 5.41) is 4.83. The van der Waals surface area contributed by atoms with Crippen LogP contribution in [0.25, 0.3) is 39.2 Å². The zero-order valence-corrected chi connectivity index (χ0v) is 25.7. The quantitative estimate of drug-likeness (QED) is 0.264. The molecule has 6 heterocycles. The molecule has 1 amide bonds. The summed E-state index contributed by atoms with van der Waals surface area (Å²) in [4.78, 5) is 44.3. The molecule has 0 spiro atoms. The zero-order chi connectivity index (χ0) is 32.3. The van der Waals surface area contributed by atoms with Crippen molar-refractivity contribution in [2.45, 2.75) is 45.7 Å². The van der Waals surface area contributed by atoms with Crippen LogP contribution in [0.4, 0.5) is 14.6 Å². The molecule has 0 saturated carbocycles. The standard InChI is InChI=1S/C34H32F2N8O2/c1-5-27(45)41-15-16-42(20(4)18-41)32-23-17-25(36)30-28-21(7-6-8-24(28)35)11-14-43-26(10-13-38-43)22-9-12-37-29(19(2)3)31(22)44(33(23)39-30)34(46)40-32/h5-10,12-13,17,19-20H,1,11,14-16,18H2,2-4H3/t20-/m0/s1. The van der Waals surface area contributed by atoms with Gasteiger partial charge in [-0.2, -0.15) is 10.1 Å². The first-order valence-electron chi connectivity index (χ1n) is 15.3. The van der Waals surface area contributed by atoms with Crippen molar-refractivity contribution >= 4 is 22.8 Å². The van der Waals surface area contributed by atoms with Crippen molar-refractivity contribution < 1.29 is 13.6 Å². The number of benzene rings is 1. The molecule has 0 aliphatic carbocycles. The number of hydrogen-bond donors (Lipinski definition) is 0. The van der Waals surface area contributed by atoms with Gasteiger partial charge in [-0.05, 0) is 55.2 Å². The number of pyridine rings is 2. The molecule has 5 aromatic rings. The third-order valence-electron chi connectivity index (χ3n) is 8.83. The van der Waals surface area contributed by atoms with Gasteiger partial charge >= 0.3 is 5.69 Å². The predicted molar refractivity (Wildman–Crippen MR) is 171 cm³/mol. The molecule has 46 heavy (non-hydrogen) atoms. The predicted octanol–water partition coefficient (Wildman–Crippen LogP) is 4.89. The number of rotatable bonds is 3. The van der Waals surface area contributed by atoms with Crippen molar-refractivity contribution in [3.8, 4) is 28.2 Å². The minimum Gasteiger partial charge on any atom is -0.350 e. The van der Waals surface area contributed by atoms with E-state index in [1.54, 1.807) is 34.1 Å². The smallest absolute Gasteiger partial charge is 0.350 e. The van der Waals surface area contributed by atoms with Gasteiger partial charge in [0.1, 0.15) is 23.1 Å². The molecule has 1 saturated heterocycles. The molecular formula is C34H32F2N8O2. The van der Waals surface area contributed by atoms with Gasteiger partial charge in [0.15, 0.2) is 5.65 Å². The maximum Gasteiger partial charge on any atom is 0.355 e. The molecule has 1 fully saturated rings. The summed E-state index contributed by atoms with van der Waals surface area (Å²) in [7, 11) is 0. The van der Waals surface area contributed by atoms with Crippen LogP contribution in [0.2, 0.25) is 0 Å². The lowest BCUT2D eigenvalue weighted by Crippen LogP contribution is -2.54. The van der Waals surface area contributed by atoms with Crippen LogP contribution in [0.1, 0.15) is 37.9 Å². The van der Waals surface area contributed by atoms with E-state index in [1.165, 1.54) is 22.8 Å². The number of amides is 1. The molecule has 2 aliphatic rings. The fourth-order valence-corrected chi connectivity index (χ4v) is 6.65. The number of nitrogens with zero attached hydrogens (tertiary/aromatic N) is 8. The van der Waals surface area contributed by atoms with Gasteiger partial charge in [-0.1, -0.05) is 32.6 Å². The van der Waals surface area contributed by atoms with E-state index in [0.717, 1.165) is 5.69 Å². The molecule has 2 aliphatic heterocycles. The Bertz CT molecular complexity index is 2100. The van der Waals surface area contributed by atoms with Gasteiger partial charge in [0.2, 0.25) is 5.91 Å². The Balaban J connectivity index is 1.59. The maximum atomic E-state index is 16.3. The zero-order valence-electron chi connectivity index (χ0n) is 25.7. The monoisotopic (exact) mass is 622 g/mol. The Labute approximate surface area is 263 Å². The third-order valence-corrected chi connectivity index (χ3v) is 8.83. The van der Waals surface area contributed by atoms with Crippen LogP contribution < -0.4 is 10.6 Å². The van der Waals surface area contributed by atoms with Crippen LogP contribution in [-0.2, 0) is 17.8 Å². The van der Waals surface area contributed by atoms with Crippen LogP contribution in [0.3, 0.4) is 0 Å². The number of carbonyl (C=O) groups excluding carboxylic acids is 1. The Morgan fingerprint density at radius 3 is 2.65 bits per heavy atom. The first-order valence-corrected chi connectivity index (χ1v) is 15.3. The molecule has 10 nitrogen and oxygen atoms in total. The summed E-state index contributed by atoms with van der Waals surface area (Å²) < 4.78 is 35.2. The number of hydrogen-bond acceptors (Lipinski definition) is 7. The highest BCUT2D eigenvalue weighted by molar-refractivity contribution is 5.92. The van der Waals surface area contributed by atoms with Crippen LogP contribution >= 0.6 is 0 Å². The molecule has 1 aromatic carbocycles. The van der Waals surface area contributed by atoms with E-state index in [4.69, 9.17) is 4.98 Å². The van der Waals surface area contributed by atoms with Gasteiger partial charge in [-0.3, -0.25) is 14.5 Å². The van der Waals surface area contributed by atoms with E-state index in [-0.39, 0.29) is 46.0 Å². The van der Waals surface area contributed by atoms with Crippen LogP contribution in [-0.4, -0.2) is 65.8 Å². The number of aromatic nitrogens is 6. The Morgan fingerprint density at radius 1 is 1.07 bits per heavy atom. The van der Waals surface area contributed by atoms with Crippen molar-refractivity contribution in [1.82, 2.24) is 34.2 Å². The van der Waals surface area contributed by atoms with E-state index in [2.05, 4.69) is 21.6 Å². The molecule has 0 unspecified atom stereocenters. The van der Waals surface area contributed by atoms with Crippen molar-refractivity contribution in [2.24, 2.45) is 0 Å². The van der Waals surface area contributed by atoms with E-state index < -0.39 is 17.3 Å². The molecule has 0 N–H and O–H groups in total. The molecule has 2 bridgehead atoms. The summed E-state index contributed by atoms with van der Waals surface area (Å²) in [5.41, 5.74) is 2.38. The molecule has 0 radical (unpaired) electrons. The molecule has 4 aromatic heterocycles. The second kappa shape index (κ2) is 11.3. The van der Waals surface area contributed by atoms with Crippen molar-refractivity contribution in [3.63, 3.8) is 0 Å². The average molecular weight is 623 g/mol. The first-order chi connectivity index (χ1) is 22.2. The Morgan fingerprint density at radius 2 is 1.89 bits per heavy atom. The fraction of sp³-hybridized carbons (Fsp3) is 0.294. The minimum atomic E-state index is -0.743. The number of carbonyl (C=O) groups is 1. The van der Waals surface area contributed by atoms with Crippen molar-refractivity contribution in [1.29, 1.82) is 0 Å². The Kier molecular flexibility index (Phi) is 7.22. The molecular weight excluding hydrogens is 590 g/mol. The van der Waals surface area contributed by atoms with E-state index >= 15 is 8.78 Å². The number of anilines is 1. The van der Waals surface area contributed by atoms with E-state index in [1.807, 2.05) is 37.8 Å². The maximum absolute atomic E-state index is 16.3. The Hall–Kier alpha value is -5.26. The van der Waals surface area contributed by atoms with Crippen molar-refractivity contribution in [3.05, 3.63) is 94.8 Å². The normalized spacial score (nSPS) is 16.1. The average Bonchev–Trinajstić information content (AvgIpc) is 3.51. The van der Waals surface area contributed by atoms with Gasteiger partial charge in [-0.25, -0.2) is 23.1 Å². The minimum absolute atomic E-state index is 0.0361. The van der Waals surface area contributed by atoms with Crippen LogP contribution in [0.15, 0.2) is 66.2 Å². The van der Waals surface area contributed by atoms with Gasteiger partial charge in [-0.15, -0.1) is 0 Å². The highest BCUT2D eigenvalue weighted by Gasteiger charge is 2.32. The number of halogens is 2. The second-order valence-electron chi connectivity index (χ2n) is 12.0. The lowest BCUT2D eigenvalue weighted by molar-refractivity contribution is -0.126. The molecule has 7 rings (SSSR count). The second-order valence-corrected chi connectivity index (χ2v) is 12.0. The van der Waals surface area contributed by atoms with Gasteiger partial charge in [0, 0.05) is 55.7 Å². The fourth-order valence-electron chi connectivity index (χ4n) is 6.65.